The number of H-pyrrole nitrogens is 1. The number of hydrogen-bond acceptors (Lipinski definition) is 2. The Kier molecular flexibility index (Phi) is 3.74. The van der Waals surface area contributed by atoms with E-state index in [1.54, 1.807) is 24.3 Å². The van der Waals surface area contributed by atoms with Crippen LogP contribution in [-0.4, -0.2) is 15.5 Å². The number of aromatic amines is 1. The van der Waals surface area contributed by atoms with Gasteiger partial charge in [-0.1, -0.05) is 24.3 Å². The first-order valence-electron chi connectivity index (χ1n) is 6.82. The predicted molar refractivity (Wildman–Crippen MR) is 80.8 cm³/mol. The van der Waals surface area contributed by atoms with Crippen molar-refractivity contribution < 1.29 is 9.18 Å². The summed E-state index contributed by atoms with van der Waals surface area (Å²) in [6.07, 6.45) is 0. The van der Waals surface area contributed by atoms with Gasteiger partial charge < -0.3 is 10.3 Å². The number of imidazole rings is 1. The fourth-order valence-electron chi connectivity index (χ4n) is 2.27. The molecule has 0 fully saturated rings. The van der Waals surface area contributed by atoms with E-state index in [-0.39, 0.29) is 30.5 Å². The van der Waals surface area contributed by atoms with Gasteiger partial charge in [-0.15, -0.1) is 0 Å². The van der Waals surface area contributed by atoms with Gasteiger partial charge in [0.2, 0.25) is 5.91 Å². The van der Waals surface area contributed by atoms with E-state index in [9.17, 15) is 14.0 Å². The van der Waals surface area contributed by atoms with Gasteiger partial charge in [-0.25, -0.2) is 9.18 Å². The summed E-state index contributed by atoms with van der Waals surface area (Å²) in [7, 11) is 0. The van der Waals surface area contributed by atoms with Crippen molar-refractivity contribution in [1.29, 1.82) is 0 Å². The number of nitrogens with one attached hydrogen (secondary N) is 2. The minimum absolute atomic E-state index is 0.0654. The molecule has 112 valence electrons. The van der Waals surface area contributed by atoms with Crippen LogP contribution in [0, 0.1) is 5.82 Å². The molecule has 0 saturated heterocycles. The Morgan fingerprint density at radius 2 is 1.86 bits per heavy atom. The minimum atomic E-state index is -0.321. The van der Waals surface area contributed by atoms with E-state index >= 15 is 0 Å². The lowest BCUT2D eigenvalue weighted by Crippen LogP contribution is -2.30. The van der Waals surface area contributed by atoms with E-state index in [1.165, 1.54) is 16.7 Å². The lowest BCUT2D eigenvalue weighted by molar-refractivity contribution is -0.121. The summed E-state index contributed by atoms with van der Waals surface area (Å²) in [4.78, 5) is 26.6. The van der Waals surface area contributed by atoms with Crippen LogP contribution < -0.4 is 11.0 Å². The zero-order valence-corrected chi connectivity index (χ0v) is 11.7. The van der Waals surface area contributed by atoms with E-state index in [1.807, 2.05) is 12.1 Å². The van der Waals surface area contributed by atoms with Gasteiger partial charge in [0.25, 0.3) is 0 Å². The molecule has 2 aromatic carbocycles. The van der Waals surface area contributed by atoms with Gasteiger partial charge in [0.15, 0.2) is 0 Å². The molecule has 3 aromatic rings. The molecule has 0 atom stereocenters. The number of fused-ring (bicyclic) bond motifs is 1. The third kappa shape index (κ3) is 2.90. The first-order valence-corrected chi connectivity index (χ1v) is 6.82. The van der Waals surface area contributed by atoms with Crippen molar-refractivity contribution in [2.45, 2.75) is 13.1 Å². The van der Waals surface area contributed by atoms with Crippen LogP contribution in [0.1, 0.15) is 5.56 Å². The highest BCUT2D eigenvalue weighted by Gasteiger charge is 2.10. The Morgan fingerprint density at radius 3 is 2.64 bits per heavy atom. The summed E-state index contributed by atoms with van der Waals surface area (Å²) in [6.45, 7) is 0.222. The second-order valence-corrected chi connectivity index (χ2v) is 4.94. The number of carbonyl (C=O) groups excluding carboxylic acids is 1. The normalized spacial score (nSPS) is 10.8. The van der Waals surface area contributed by atoms with E-state index < -0.39 is 0 Å². The highest BCUT2D eigenvalue weighted by atomic mass is 19.1. The molecule has 3 rings (SSSR count). The number of benzene rings is 2. The van der Waals surface area contributed by atoms with E-state index in [0.29, 0.717) is 11.0 Å². The molecule has 22 heavy (non-hydrogen) atoms. The van der Waals surface area contributed by atoms with Crippen molar-refractivity contribution in [3.8, 4) is 0 Å². The zero-order chi connectivity index (χ0) is 15.5. The second-order valence-electron chi connectivity index (χ2n) is 4.94. The first-order chi connectivity index (χ1) is 10.6. The van der Waals surface area contributed by atoms with Gasteiger partial charge in [0, 0.05) is 6.54 Å². The Labute approximate surface area is 125 Å². The lowest BCUT2D eigenvalue weighted by atomic mass is 10.2. The molecule has 0 aliphatic rings. The Bertz CT molecular complexity index is 865. The number of amides is 1. The van der Waals surface area contributed by atoms with Crippen LogP contribution in [0.2, 0.25) is 0 Å². The number of hydrogen-bond donors (Lipinski definition) is 2. The fourth-order valence-corrected chi connectivity index (χ4v) is 2.27. The summed E-state index contributed by atoms with van der Waals surface area (Å²) in [5, 5.41) is 2.71. The molecule has 0 aliphatic carbocycles. The van der Waals surface area contributed by atoms with E-state index in [4.69, 9.17) is 0 Å². The van der Waals surface area contributed by atoms with Crippen LogP contribution >= 0.6 is 0 Å². The summed E-state index contributed by atoms with van der Waals surface area (Å²) in [6, 6.07) is 13.1. The maximum atomic E-state index is 12.8. The fraction of sp³-hybridized carbons (Fsp3) is 0.125. The molecule has 1 heterocycles. The molecule has 0 bridgehead atoms. The van der Waals surface area contributed by atoms with E-state index in [2.05, 4.69) is 10.3 Å². The van der Waals surface area contributed by atoms with E-state index in [0.717, 1.165) is 5.56 Å². The molecule has 5 nitrogen and oxygen atoms in total. The maximum Gasteiger partial charge on any atom is 0.326 e. The Hall–Kier alpha value is -2.89. The molecule has 0 radical (unpaired) electrons. The van der Waals surface area contributed by atoms with Gasteiger partial charge in [0.05, 0.1) is 11.0 Å². The zero-order valence-electron chi connectivity index (χ0n) is 11.7. The Morgan fingerprint density at radius 1 is 1.14 bits per heavy atom. The molecule has 1 amide bonds. The van der Waals surface area contributed by atoms with Gasteiger partial charge in [-0.2, -0.15) is 0 Å². The molecular weight excluding hydrogens is 285 g/mol. The molecule has 0 aliphatic heterocycles. The maximum absolute atomic E-state index is 12.8. The molecule has 0 unspecified atom stereocenters. The predicted octanol–water partition coefficient (Wildman–Crippen LogP) is 1.79. The van der Waals surface area contributed by atoms with Gasteiger partial charge >= 0.3 is 5.69 Å². The van der Waals surface area contributed by atoms with Crippen LogP contribution in [0.25, 0.3) is 11.0 Å². The standard InChI is InChI=1S/C16H14FN3O2/c17-12-7-5-11(6-8-12)9-18-15(21)10-20-14-4-2-1-3-13(14)19-16(20)22/h1-8H,9-10H2,(H,18,21)(H,19,22). The summed E-state index contributed by atoms with van der Waals surface area (Å²) in [5.74, 6) is -0.600. The number of rotatable bonds is 4. The van der Waals surface area contributed by atoms with Crippen molar-refractivity contribution in [2.75, 3.05) is 0 Å². The number of nitrogens with zero attached hydrogens (tertiary/aromatic N) is 1. The Balaban J connectivity index is 1.69. The first kappa shape index (κ1) is 14.1. The van der Waals surface area contributed by atoms with Crippen molar-refractivity contribution in [1.82, 2.24) is 14.9 Å². The molecular formula is C16H14FN3O2. The smallest absolute Gasteiger partial charge is 0.326 e. The molecule has 6 heteroatoms. The van der Waals surface area contributed by atoms with Gasteiger partial charge in [-0.3, -0.25) is 9.36 Å². The number of aromatic nitrogens is 2. The number of para-hydroxylation sites is 2. The summed E-state index contributed by atoms with van der Waals surface area (Å²) in [5.41, 5.74) is 1.85. The van der Waals surface area contributed by atoms with Crippen LogP contribution in [0.15, 0.2) is 53.3 Å². The number of carbonyl (C=O) groups is 1. The minimum Gasteiger partial charge on any atom is -0.350 e. The second kappa shape index (κ2) is 5.85. The van der Waals surface area contributed by atoms with Crippen molar-refractivity contribution >= 4 is 16.9 Å². The monoisotopic (exact) mass is 299 g/mol. The highest BCUT2D eigenvalue weighted by molar-refractivity contribution is 5.80. The quantitative estimate of drug-likeness (QED) is 0.771. The van der Waals surface area contributed by atoms with Crippen LogP contribution in [0.3, 0.4) is 0 Å². The summed E-state index contributed by atoms with van der Waals surface area (Å²) >= 11 is 0. The molecule has 0 spiro atoms. The molecule has 1 aromatic heterocycles. The average Bonchev–Trinajstić information content (AvgIpc) is 2.83. The number of halogens is 1. The van der Waals surface area contributed by atoms with Crippen molar-refractivity contribution in [3.05, 3.63) is 70.4 Å². The largest absolute Gasteiger partial charge is 0.350 e. The van der Waals surface area contributed by atoms with Crippen LogP contribution in [0.4, 0.5) is 4.39 Å². The topological polar surface area (TPSA) is 66.9 Å². The van der Waals surface area contributed by atoms with Crippen LogP contribution in [0.5, 0.6) is 0 Å². The average molecular weight is 299 g/mol. The van der Waals surface area contributed by atoms with Crippen molar-refractivity contribution in [3.63, 3.8) is 0 Å². The summed E-state index contributed by atoms with van der Waals surface area (Å²) < 4.78 is 14.2. The lowest BCUT2D eigenvalue weighted by Gasteiger charge is -2.06. The van der Waals surface area contributed by atoms with Crippen LogP contribution in [-0.2, 0) is 17.9 Å². The highest BCUT2D eigenvalue weighted by Crippen LogP contribution is 2.08. The third-order valence-electron chi connectivity index (χ3n) is 3.39. The van der Waals surface area contributed by atoms with Crippen molar-refractivity contribution in [2.24, 2.45) is 0 Å². The SMILES string of the molecule is O=C(Cn1c(=O)[nH]c2ccccc21)NCc1ccc(F)cc1. The van der Waals surface area contributed by atoms with Gasteiger partial charge in [0.1, 0.15) is 12.4 Å². The third-order valence-corrected chi connectivity index (χ3v) is 3.39. The molecule has 2 N–H and O–H groups in total. The molecule has 0 saturated carbocycles. The van der Waals surface area contributed by atoms with Gasteiger partial charge in [-0.05, 0) is 29.8 Å².